The summed E-state index contributed by atoms with van der Waals surface area (Å²) in [5, 5.41) is 3.14. The molecule has 0 aliphatic carbocycles. The van der Waals surface area contributed by atoms with Crippen LogP contribution in [0.25, 0.3) is 11.1 Å². The zero-order chi connectivity index (χ0) is 22.8. The molecule has 0 unspecified atom stereocenters. The van der Waals surface area contributed by atoms with Crippen molar-refractivity contribution < 1.29 is 13.9 Å². The summed E-state index contributed by atoms with van der Waals surface area (Å²) in [7, 11) is 0. The number of anilines is 2. The second-order valence-corrected chi connectivity index (χ2v) is 8.03. The Labute approximate surface area is 185 Å². The number of rotatable bonds is 6. The minimum atomic E-state index is -0.469. The van der Waals surface area contributed by atoms with Crippen molar-refractivity contribution in [3.8, 4) is 11.1 Å². The van der Waals surface area contributed by atoms with Gasteiger partial charge < -0.3 is 10.1 Å². The van der Waals surface area contributed by atoms with Gasteiger partial charge in [-0.25, -0.2) is 34.0 Å². The number of amides is 1. The summed E-state index contributed by atoms with van der Waals surface area (Å²) in [6.45, 7) is 7.91. The average Bonchev–Trinajstić information content (AvgIpc) is 3.18. The molecule has 1 aromatic carbocycles. The molecular formula is C22H24FN7O2. The Bertz CT molecular complexity index is 1120. The number of nitrogens with one attached hydrogen (secondary N) is 1. The topological polar surface area (TPSA) is 106 Å². The standard InChI is InChI=1S/C22H24FN7O2/c1-12(2)18-10-32-22(31)30(18)21-27-11-26-20(29-21)28-14(4)19-24-8-16(9-25-19)15-5-6-17(23)13(3)7-15/h5-9,11-12,14,18H,10H2,1-4H3,(H,26,27,28,29)/t14-,18+/m0/s1. The first-order valence-corrected chi connectivity index (χ1v) is 10.3. The Hall–Kier alpha value is -3.69. The van der Waals surface area contributed by atoms with Gasteiger partial charge in [0.25, 0.3) is 0 Å². The van der Waals surface area contributed by atoms with Crippen LogP contribution in [-0.2, 0) is 4.74 Å². The predicted molar refractivity (Wildman–Crippen MR) is 116 cm³/mol. The number of hydrogen-bond acceptors (Lipinski definition) is 8. The molecule has 1 N–H and O–H groups in total. The van der Waals surface area contributed by atoms with E-state index in [1.54, 1.807) is 31.5 Å². The molecule has 0 saturated carbocycles. The lowest BCUT2D eigenvalue weighted by Crippen LogP contribution is -2.38. The third-order valence-corrected chi connectivity index (χ3v) is 5.35. The number of aryl methyl sites for hydroxylation is 1. The Morgan fingerprint density at radius 1 is 1.12 bits per heavy atom. The van der Waals surface area contributed by atoms with Gasteiger partial charge in [-0.15, -0.1) is 0 Å². The van der Waals surface area contributed by atoms with E-state index in [0.29, 0.717) is 23.9 Å². The molecule has 32 heavy (non-hydrogen) atoms. The molecule has 4 rings (SSSR count). The van der Waals surface area contributed by atoms with E-state index in [4.69, 9.17) is 4.74 Å². The molecule has 0 radical (unpaired) electrons. The van der Waals surface area contributed by atoms with Crippen molar-refractivity contribution in [3.05, 3.63) is 54.1 Å². The number of nitrogens with zero attached hydrogens (tertiary/aromatic N) is 6. The van der Waals surface area contributed by atoms with E-state index in [2.05, 4.69) is 30.2 Å². The zero-order valence-electron chi connectivity index (χ0n) is 18.3. The van der Waals surface area contributed by atoms with Crippen LogP contribution in [-0.4, -0.2) is 43.7 Å². The van der Waals surface area contributed by atoms with Gasteiger partial charge in [-0.2, -0.15) is 4.98 Å². The number of cyclic esters (lactones) is 1. The fraction of sp³-hybridized carbons (Fsp3) is 0.364. The lowest BCUT2D eigenvalue weighted by Gasteiger charge is -2.22. The van der Waals surface area contributed by atoms with Crippen molar-refractivity contribution >= 4 is 18.0 Å². The second kappa shape index (κ2) is 8.81. The minimum Gasteiger partial charge on any atom is -0.447 e. The zero-order valence-corrected chi connectivity index (χ0v) is 18.3. The van der Waals surface area contributed by atoms with E-state index in [1.165, 1.54) is 17.3 Å². The largest absolute Gasteiger partial charge is 0.447 e. The first-order valence-electron chi connectivity index (χ1n) is 10.3. The maximum Gasteiger partial charge on any atom is 0.417 e. The Morgan fingerprint density at radius 3 is 2.56 bits per heavy atom. The maximum absolute atomic E-state index is 13.5. The summed E-state index contributed by atoms with van der Waals surface area (Å²) < 4.78 is 18.7. The summed E-state index contributed by atoms with van der Waals surface area (Å²) in [5.41, 5.74) is 2.20. The highest BCUT2D eigenvalue weighted by atomic mass is 19.1. The SMILES string of the molecule is Cc1cc(-c2cnc([C@H](C)Nc3ncnc(N4C(=O)OC[C@@H]4C(C)C)n3)nc2)ccc1F. The van der Waals surface area contributed by atoms with E-state index in [0.717, 1.165) is 11.1 Å². The lowest BCUT2D eigenvalue weighted by atomic mass is 10.1. The average molecular weight is 437 g/mol. The first-order chi connectivity index (χ1) is 15.3. The smallest absolute Gasteiger partial charge is 0.417 e. The predicted octanol–water partition coefficient (Wildman–Crippen LogP) is 3.93. The summed E-state index contributed by atoms with van der Waals surface area (Å²) in [6.07, 6.45) is 4.27. The summed E-state index contributed by atoms with van der Waals surface area (Å²) >= 11 is 0. The van der Waals surface area contributed by atoms with Gasteiger partial charge in [-0.1, -0.05) is 19.9 Å². The van der Waals surface area contributed by atoms with Gasteiger partial charge in [-0.3, -0.25) is 0 Å². The van der Waals surface area contributed by atoms with Gasteiger partial charge in [0.05, 0.1) is 12.1 Å². The molecule has 0 spiro atoms. The molecule has 3 heterocycles. The molecule has 10 heteroatoms. The van der Waals surface area contributed by atoms with Crippen LogP contribution in [0.15, 0.2) is 36.9 Å². The van der Waals surface area contributed by atoms with Crippen LogP contribution in [0.4, 0.5) is 21.1 Å². The van der Waals surface area contributed by atoms with Crippen LogP contribution in [0, 0.1) is 18.7 Å². The van der Waals surface area contributed by atoms with Crippen molar-refractivity contribution in [1.29, 1.82) is 0 Å². The number of halogens is 1. The van der Waals surface area contributed by atoms with Crippen molar-refractivity contribution in [3.63, 3.8) is 0 Å². The molecule has 0 bridgehead atoms. The maximum atomic E-state index is 13.5. The van der Waals surface area contributed by atoms with Gasteiger partial charge in [0.2, 0.25) is 11.9 Å². The van der Waals surface area contributed by atoms with Crippen molar-refractivity contribution in [1.82, 2.24) is 24.9 Å². The molecule has 1 aliphatic heterocycles. The van der Waals surface area contributed by atoms with Gasteiger partial charge >= 0.3 is 6.09 Å². The van der Waals surface area contributed by atoms with Crippen molar-refractivity contribution in [2.24, 2.45) is 5.92 Å². The highest BCUT2D eigenvalue weighted by molar-refractivity contribution is 5.88. The number of aromatic nitrogens is 5. The number of carbonyl (C=O) groups is 1. The number of carbonyl (C=O) groups excluding carboxylic acids is 1. The first kappa shape index (κ1) is 21.5. The number of ether oxygens (including phenoxy) is 1. The fourth-order valence-corrected chi connectivity index (χ4v) is 3.42. The normalized spacial score (nSPS) is 16.9. The Kier molecular flexibility index (Phi) is 5.93. The molecule has 2 atom stereocenters. The van der Waals surface area contributed by atoms with Gasteiger partial charge in [0, 0.05) is 18.0 Å². The number of hydrogen-bond donors (Lipinski definition) is 1. The van der Waals surface area contributed by atoms with E-state index in [9.17, 15) is 9.18 Å². The summed E-state index contributed by atoms with van der Waals surface area (Å²) in [6, 6.07) is 4.45. The highest BCUT2D eigenvalue weighted by Gasteiger charge is 2.38. The Balaban J connectivity index is 1.49. The van der Waals surface area contributed by atoms with Crippen molar-refractivity contribution in [2.45, 2.75) is 39.8 Å². The van der Waals surface area contributed by atoms with Crippen LogP contribution in [0.5, 0.6) is 0 Å². The highest BCUT2D eigenvalue weighted by Crippen LogP contribution is 2.25. The molecule has 9 nitrogen and oxygen atoms in total. The fourth-order valence-electron chi connectivity index (χ4n) is 3.42. The molecule has 1 aliphatic rings. The van der Waals surface area contributed by atoms with Crippen molar-refractivity contribution in [2.75, 3.05) is 16.8 Å². The van der Waals surface area contributed by atoms with E-state index >= 15 is 0 Å². The molecule has 1 amide bonds. The second-order valence-electron chi connectivity index (χ2n) is 8.03. The number of benzene rings is 1. The summed E-state index contributed by atoms with van der Waals surface area (Å²) in [5.74, 6) is 1.01. The quantitative estimate of drug-likeness (QED) is 0.618. The van der Waals surface area contributed by atoms with Crippen LogP contribution < -0.4 is 10.2 Å². The molecule has 1 saturated heterocycles. The van der Waals surface area contributed by atoms with Crippen LogP contribution in [0.1, 0.15) is 38.2 Å². The van der Waals surface area contributed by atoms with E-state index in [1.807, 2.05) is 20.8 Å². The van der Waals surface area contributed by atoms with Crippen LogP contribution in [0.2, 0.25) is 0 Å². The van der Waals surface area contributed by atoms with E-state index in [-0.39, 0.29) is 29.8 Å². The van der Waals surface area contributed by atoms with Gasteiger partial charge in [0.1, 0.15) is 24.6 Å². The van der Waals surface area contributed by atoms with Crippen LogP contribution in [0.3, 0.4) is 0 Å². The van der Waals surface area contributed by atoms with Gasteiger partial charge in [0.15, 0.2) is 0 Å². The summed E-state index contributed by atoms with van der Waals surface area (Å²) in [4.78, 5) is 35.2. The van der Waals surface area contributed by atoms with E-state index < -0.39 is 6.09 Å². The lowest BCUT2D eigenvalue weighted by molar-refractivity contribution is 0.177. The third-order valence-electron chi connectivity index (χ3n) is 5.35. The molecular weight excluding hydrogens is 413 g/mol. The molecule has 1 fully saturated rings. The third kappa shape index (κ3) is 4.34. The molecule has 3 aromatic rings. The van der Waals surface area contributed by atoms with Crippen LogP contribution >= 0.6 is 0 Å². The monoisotopic (exact) mass is 437 g/mol. The molecule has 2 aromatic heterocycles. The Morgan fingerprint density at radius 2 is 1.88 bits per heavy atom. The molecule has 166 valence electrons. The minimum absolute atomic E-state index is 0.138. The van der Waals surface area contributed by atoms with Gasteiger partial charge in [-0.05, 0) is 43.0 Å².